The molecule has 0 spiro atoms. The lowest BCUT2D eigenvalue weighted by atomic mass is 9.70. The van der Waals surface area contributed by atoms with Gasteiger partial charge in [0, 0.05) is 35.7 Å². The highest BCUT2D eigenvalue weighted by molar-refractivity contribution is 6.05. The number of aliphatic hydroxyl groups is 1. The molecule has 1 aromatic carbocycles. The summed E-state index contributed by atoms with van der Waals surface area (Å²) in [5.74, 6) is 0.175. The minimum atomic E-state index is -1.59. The largest absolute Gasteiger partial charge is 0.483 e. The summed E-state index contributed by atoms with van der Waals surface area (Å²) in [5.41, 5.74) is -0.732. The Morgan fingerprint density at radius 3 is 2.65 bits per heavy atom. The lowest BCUT2D eigenvalue weighted by molar-refractivity contribution is -0.152. The van der Waals surface area contributed by atoms with Gasteiger partial charge in [-0.25, -0.2) is 5.06 Å². The maximum Gasteiger partial charge on any atom is 0.274 e. The van der Waals surface area contributed by atoms with E-state index in [1.807, 2.05) is 52.0 Å². The summed E-state index contributed by atoms with van der Waals surface area (Å²) in [4.78, 5) is 29.7. The predicted molar refractivity (Wildman–Crippen MR) is 125 cm³/mol. The van der Waals surface area contributed by atoms with Crippen LogP contribution >= 0.6 is 0 Å². The molecule has 5 heterocycles. The predicted octanol–water partition coefficient (Wildman–Crippen LogP) is 2.91. The maximum atomic E-state index is 13.5. The molecule has 0 aromatic heterocycles. The third-order valence-corrected chi connectivity index (χ3v) is 7.79. The van der Waals surface area contributed by atoms with Crippen LogP contribution in [0.15, 0.2) is 42.3 Å². The molecule has 178 valence electrons. The van der Waals surface area contributed by atoms with Gasteiger partial charge in [0.25, 0.3) is 5.91 Å². The van der Waals surface area contributed by atoms with E-state index < -0.39 is 28.7 Å². The zero-order chi connectivity index (χ0) is 24.2. The van der Waals surface area contributed by atoms with Crippen molar-refractivity contribution >= 4 is 23.6 Å². The van der Waals surface area contributed by atoms with E-state index in [9.17, 15) is 19.9 Å². The van der Waals surface area contributed by atoms with Crippen molar-refractivity contribution in [2.75, 3.05) is 11.6 Å². The van der Waals surface area contributed by atoms with Crippen LogP contribution in [-0.2, 0) is 15.2 Å². The standard InChI is InChI=1S/C26H29N3O5/c1-24(2)11-13-28-18(22(31)27-12-5-6-17(27)21(28)30)14-26(32)16-7-8-19-15(9-10-25(3,4)34-19)20(16)29(33)23(24)26/h6-11,13,18,23,32-33H,5,12,14H2,1-4H3/t18-,23?,26-/m0/s1. The molecule has 34 heavy (non-hydrogen) atoms. The number of benzene rings is 1. The maximum absolute atomic E-state index is 13.5. The number of hydroxylamine groups is 1. The van der Waals surface area contributed by atoms with Gasteiger partial charge in [0.05, 0.1) is 11.7 Å². The summed E-state index contributed by atoms with van der Waals surface area (Å²) in [6, 6.07) is 1.93. The molecule has 1 aromatic rings. The van der Waals surface area contributed by atoms with Crippen LogP contribution in [0.4, 0.5) is 5.69 Å². The quantitative estimate of drug-likeness (QED) is 0.615. The molecule has 2 N–H and O–H groups in total. The molecule has 8 nitrogen and oxygen atoms in total. The zero-order valence-corrected chi connectivity index (χ0v) is 19.8. The Hall–Kier alpha value is -3.10. The van der Waals surface area contributed by atoms with E-state index in [0.29, 0.717) is 41.2 Å². The van der Waals surface area contributed by atoms with Crippen molar-refractivity contribution in [2.45, 2.75) is 63.8 Å². The third-order valence-electron chi connectivity index (χ3n) is 7.79. The molecule has 0 radical (unpaired) electrons. The molecule has 1 saturated heterocycles. The van der Waals surface area contributed by atoms with E-state index in [4.69, 9.17) is 4.74 Å². The number of amides is 2. The average Bonchev–Trinajstić information content (AvgIpc) is 3.32. The molecule has 0 aliphatic carbocycles. The molecule has 2 amide bonds. The Balaban J connectivity index is 1.53. The third kappa shape index (κ3) is 2.66. The van der Waals surface area contributed by atoms with E-state index in [1.54, 1.807) is 18.3 Å². The topological polar surface area (TPSA) is 93.6 Å². The van der Waals surface area contributed by atoms with Gasteiger partial charge in [0.15, 0.2) is 0 Å². The molecule has 6 rings (SSSR count). The molecule has 1 fully saturated rings. The second kappa shape index (κ2) is 6.52. The molecule has 0 bridgehead atoms. The van der Waals surface area contributed by atoms with Gasteiger partial charge in [-0.05, 0) is 38.5 Å². The minimum Gasteiger partial charge on any atom is -0.483 e. The summed E-state index contributed by atoms with van der Waals surface area (Å²) in [6.07, 6.45) is 9.70. The number of hydrogen-bond donors (Lipinski definition) is 2. The van der Waals surface area contributed by atoms with Crippen molar-refractivity contribution in [2.24, 2.45) is 5.41 Å². The highest BCUT2D eigenvalue weighted by atomic mass is 16.5. The number of ether oxygens (including phenoxy) is 1. The van der Waals surface area contributed by atoms with Crippen molar-refractivity contribution in [1.82, 2.24) is 9.80 Å². The van der Waals surface area contributed by atoms with Crippen molar-refractivity contribution in [3.8, 4) is 5.75 Å². The summed E-state index contributed by atoms with van der Waals surface area (Å²) in [6.45, 7) is 8.19. The molecule has 5 aliphatic heterocycles. The second-order valence-corrected chi connectivity index (χ2v) is 11.0. The molecule has 1 unspecified atom stereocenters. The van der Waals surface area contributed by atoms with Gasteiger partial charge in [0.1, 0.15) is 28.7 Å². The first-order chi connectivity index (χ1) is 15.9. The van der Waals surface area contributed by atoms with Crippen LogP contribution in [0, 0.1) is 5.41 Å². The first-order valence-corrected chi connectivity index (χ1v) is 11.7. The van der Waals surface area contributed by atoms with Crippen LogP contribution in [0.3, 0.4) is 0 Å². The van der Waals surface area contributed by atoms with Crippen LogP contribution in [0.25, 0.3) is 6.08 Å². The Morgan fingerprint density at radius 1 is 1.12 bits per heavy atom. The number of hydrogen-bond acceptors (Lipinski definition) is 6. The van der Waals surface area contributed by atoms with Gasteiger partial charge in [-0.1, -0.05) is 32.1 Å². The second-order valence-electron chi connectivity index (χ2n) is 11.0. The summed E-state index contributed by atoms with van der Waals surface area (Å²) in [7, 11) is 0. The highest BCUT2D eigenvalue weighted by Crippen LogP contribution is 2.56. The number of nitrogens with zero attached hydrogens (tertiary/aromatic N) is 3. The van der Waals surface area contributed by atoms with Crippen LogP contribution < -0.4 is 9.80 Å². The van der Waals surface area contributed by atoms with Crippen molar-refractivity contribution in [1.29, 1.82) is 0 Å². The molecule has 0 saturated carbocycles. The van der Waals surface area contributed by atoms with Gasteiger partial charge < -0.3 is 19.6 Å². The summed E-state index contributed by atoms with van der Waals surface area (Å²) in [5, 5.41) is 25.0. The number of piperazine rings is 1. The normalized spacial score (nSPS) is 32.2. The first-order valence-electron chi connectivity index (χ1n) is 11.7. The van der Waals surface area contributed by atoms with Crippen LogP contribution in [0.2, 0.25) is 0 Å². The summed E-state index contributed by atoms with van der Waals surface area (Å²) < 4.78 is 6.10. The van der Waals surface area contributed by atoms with Crippen molar-refractivity contribution < 1.29 is 24.6 Å². The SMILES string of the molecule is CC1(C)C=Cc2c(ccc3c2N(O)C2C(C)(C)C=CN4C(=O)C5=CCCN5C(=O)[C@@H]4C[C@]32O)O1. The highest BCUT2D eigenvalue weighted by Gasteiger charge is 2.60. The van der Waals surface area contributed by atoms with Crippen LogP contribution in [-0.4, -0.2) is 56.2 Å². The van der Waals surface area contributed by atoms with Crippen LogP contribution in [0.1, 0.15) is 51.7 Å². The van der Waals surface area contributed by atoms with Gasteiger partial charge in [-0.3, -0.25) is 14.8 Å². The number of fused-ring (bicyclic) bond motifs is 7. The number of rotatable bonds is 0. The molecule has 8 heteroatoms. The number of carbonyl (C=O) groups is 2. The van der Waals surface area contributed by atoms with Crippen LogP contribution in [0.5, 0.6) is 5.75 Å². The molecular formula is C26H29N3O5. The van der Waals surface area contributed by atoms with E-state index in [1.165, 1.54) is 9.80 Å². The van der Waals surface area contributed by atoms with Gasteiger partial charge in [0.2, 0.25) is 5.91 Å². The fourth-order valence-electron chi connectivity index (χ4n) is 6.25. The average molecular weight is 464 g/mol. The first kappa shape index (κ1) is 21.4. The fraction of sp³-hybridized carbons (Fsp3) is 0.462. The smallest absolute Gasteiger partial charge is 0.274 e. The zero-order valence-electron chi connectivity index (χ0n) is 19.8. The van der Waals surface area contributed by atoms with Crippen molar-refractivity contribution in [3.05, 3.63) is 53.4 Å². The van der Waals surface area contributed by atoms with E-state index >= 15 is 0 Å². The minimum absolute atomic E-state index is 0.0291. The van der Waals surface area contributed by atoms with E-state index in [0.717, 1.165) is 5.06 Å². The number of carbonyl (C=O) groups excluding carboxylic acids is 2. The lowest BCUT2D eigenvalue weighted by Gasteiger charge is -2.48. The Bertz CT molecular complexity index is 1230. The molecule has 5 aliphatic rings. The number of anilines is 1. The Morgan fingerprint density at radius 2 is 1.88 bits per heavy atom. The van der Waals surface area contributed by atoms with E-state index in [2.05, 4.69) is 0 Å². The van der Waals surface area contributed by atoms with Gasteiger partial charge >= 0.3 is 0 Å². The van der Waals surface area contributed by atoms with Gasteiger partial charge in [-0.2, -0.15) is 0 Å². The molecule has 3 atom stereocenters. The molecular weight excluding hydrogens is 434 g/mol. The fourth-order valence-corrected chi connectivity index (χ4v) is 6.25. The van der Waals surface area contributed by atoms with E-state index in [-0.39, 0.29) is 18.2 Å². The van der Waals surface area contributed by atoms with Crippen molar-refractivity contribution in [3.63, 3.8) is 0 Å². The Labute approximate surface area is 198 Å². The lowest BCUT2D eigenvalue weighted by Crippen LogP contribution is -2.62. The monoisotopic (exact) mass is 463 g/mol. The summed E-state index contributed by atoms with van der Waals surface area (Å²) >= 11 is 0. The van der Waals surface area contributed by atoms with Gasteiger partial charge in [-0.15, -0.1) is 0 Å². The Kier molecular flexibility index (Phi) is 4.11.